The number of carboxylic acids is 1. The van der Waals surface area contributed by atoms with Crippen molar-refractivity contribution < 1.29 is 19.4 Å². The van der Waals surface area contributed by atoms with Gasteiger partial charge in [-0.05, 0) is 30.2 Å². The Morgan fingerprint density at radius 1 is 1.25 bits per heavy atom. The third-order valence-electron chi connectivity index (χ3n) is 3.89. The summed E-state index contributed by atoms with van der Waals surface area (Å²) in [5, 5.41) is 8.64. The SMILES string of the molecule is CCCCC(C(=O)N1C=CC=CC1)c1ccc(OCC(=O)O)cc1. The molecule has 0 spiro atoms. The Labute approximate surface area is 142 Å². The first-order valence-corrected chi connectivity index (χ1v) is 8.20. The number of allylic oxidation sites excluding steroid dienone is 2. The molecule has 1 aliphatic heterocycles. The van der Waals surface area contributed by atoms with Gasteiger partial charge in [0.1, 0.15) is 5.75 Å². The van der Waals surface area contributed by atoms with E-state index in [0.29, 0.717) is 12.3 Å². The zero-order chi connectivity index (χ0) is 17.4. The summed E-state index contributed by atoms with van der Waals surface area (Å²) in [4.78, 5) is 25.1. The van der Waals surface area contributed by atoms with E-state index in [-0.39, 0.29) is 18.4 Å². The van der Waals surface area contributed by atoms with E-state index in [9.17, 15) is 9.59 Å². The van der Waals surface area contributed by atoms with Gasteiger partial charge in [-0.15, -0.1) is 0 Å². The number of amides is 1. The maximum absolute atomic E-state index is 12.8. The van der Waals surface area contributed by atoms with Gasteiger partial charge in [-0.25, -0.2) is 4.79 Å². The highest BCUT2D eigenvalue weighted by molar-refractivity contribution is 5.85. The highest BCUT2D eigenvalue weighted by atomic mass is 16.5. The van der Waals surface area contributed by atoms with Crippen molar-refractivity contribution >= 4 is 11.9 Å². The molecule has 24 heavy (non-hydrogen) atoms. The summed E-state index contributed by atoms with van der Waals surface area (Å²) in [7, 11) is 0. The fourth-order valence-electron chi connectivity index (χ4n) is 2.61. The molecule has 0 bridgehead atoms. The van der Waals surface area contributed by atoms with Gasteiger partial charge in [0.25, 0.3) is 0 Å². The number of benzene rings is 1. The van der Waals surface area contributed by atoms with Crippen molar-refractivity contribution in [2.75, 3.05) is 13.2 Å². The lowest BCUT2D eigenvalue weighted by molar-refractivity contribution is -0.139. The van der Waals surface area contributed by atoms with Crippen molar-refractivity contribution in [2.45, 2.75) is 32.1 Å². The van der Waals surface area contributed by atoms with Crippen LogP contribution < -0.4 is 4.74 Å². The lowest BCUT2D eigenvalue weighted by Crippen LogP contribution is -2.32. The van der Waals surface area contributed by atoms with Gasteiger partial charge in [0.15, 0.2) is 6.61 Å². The van der Waals surface area contributed by atoms with Crippen LogP contribution >= 0.6 is 0 Å². The average molecular weight is 329 g/mol. The van der Waals surface area contributed by atoms with Crippen LogP contribution in [0.15, 0.2) is 48.7 Å². The summed E-state index contributed by atoms with van der Waals surface area (Å²) >= 11 is 0. The second kappa shape index (κ2) is 8.91. The molecular formula is C19H23NO4. The molecule has 1 aromatic carbocycles. The number of carbonyl (C=O) groups excluding carboxylic acids is 1. The second-order valence-electron chi connectivity index (χ2n) is 5.71. The molecule has 0 aromatic heterocycles. The van der Waals surface area contributed by atoms with Crippen LogP contribution in [0.3, 0.4) is 0 Å². The minimum atomic E-state index is -1.01. The fourth-order valence-corrected chi connectivity index (χ4v) is 2.61. The van der Waals surface area contributed by atoms with Crippen LogP contribution in [0.25, 0.3) is 0 Å². The summed E-state index contributed by atoms with van der Waals surface area (Å²) in [6.45, 7) is 2.33. The van der Waals surface area contributed by atoms with E-state index < -0.39 is 5.97 Å². The number of carbonyl (C=O) groups is 2. The molecule has 0 saturated heterocycles. The standard InChI is InChI=1S/C19H23NO4/c1-2-3-7-17(19(23)20-12-5-4-6-13-20)15-8-10-16(11-9-15)24-14-18(21)22/h4-6,8-12,17H,2-3,7,13-14H2,1H3,(H,21,22). The van der Waals surface area contributed by atoms with E-state index in [1.54, 1.807) is 17.0 Å². The maximum Gasteiger partial charge on any atom is 0.341 e. The molecule has 0 radical (unpaired) electrons. The highest BCUT2D eigenvalue weighted by Crippen LogP contribution is 2.27. The van der Waals surface area contributed by atoms with Crippen molar-refractivity contribution in [2.24, 2.45) is 0 Å². The van der Waals surface area contributed by atoms with E-state index in [0.717, 1.165) is 24.8 Å². The Kier molecular flexibility index (Phi) is 6.61. The van der Waals surface area contributed by atoms with Gasteiger partial charge in [0, 0.05) is 12.7 Å². The average Bonchev–Trinajstić information content (AvgIpc) is 2.61. The Hall–Kier alpha value is -2.56. The topological polar surface area (TPSA) is 66.8 Å². The quantitative estimate of drug-likeness (QED) is 0.794. The third-order valence-corrected chi connectivity index (χ3v) is 3.89. The fraction of sp³-hybridized carbons (Fsp3) is 0.368. The molecule has 5 nitrogen and oxygen atoms in total. The predicted molar refractivity (Wildman–Crippen MR) is 91.8 cm³/mol. The molecule has 0 fully saturated rings. The molecule has 1 heterocycles. The van der Waals surface area contributed by atoms with Crippen molar-refractivity contribution in [1.29, 1.82) is 0 Å². The van der Waals surface area contributed by atoms with Gasteiger partial charge in [0.05, 0.1) is 5.92 Å². The van der Waals surface area contributed by atoms with E-state index in [1.807, 2.05) is 36.6 Å². The molecule has 1 amide bonds. The van der Waals surface area contributed by atoms with E-state index in [1.165, 1.54) is 0 Å². The number of hydrogen-bond acceptors (Lipinski definition) is 3. The number of rotatable bonds is 8. The van der Waals surface area contributed by atoms with Crippen molar-refractivity contribution in [1.82, 2.24) is 4.90 Å². The number of ether oxygens (including phenoxy) is 1. The molecule has 1 atom stereocenters. The molecule has 128 valence electrons. The van der Waals surface area contributed by atoms with Crippen molar-refractivity contribution in [3.8, 4) is 5.75 Å². The lowest BCUT2D eigenvalue weighted by atomic mass is 9.92. The summed E-state index contributed by atoms with van der Waals surface area (Å²) in [5.41, 5.74) is 0.930. The normalized spacial score (nSPS) is 14.5. The molecule has 2 rings (SSSR count). The largest absolute Gasteiger partial charge is 0.482 e. The van der Waals surface area contributed by atoms with Crippen molar-refractivity contribution in [3.05, 3.63) is 54.3 Å². The van der Waals surface area contributed by atoms with Gasteiger partial charge >= 0.3 is 5.97 Å². The molecule has 0 aliphatic carbocycles. The minimum Gasteiger partial charge on any atom is -0.482 e. The van der Waals surface area contributed by atoms with E-state index in [4.69, 9.17) is 9.84 Å². The molecule has 1 aliphatic rings. The molecule has 0 saturated carbocycles. The smallest absolute Gasteiger partial charge is 0.341 e. The highest BCUT2D eigenvalue weighted by Gasteiger charge is 2.24. The zero-order valence-electron chi connectivity index (χ0n) is 13.9. The number of carboxylic acid groups (broad SMARTS) is 1. The lowest BCUT2D eigenvalue weighted by Gasteiger charge is -2.25. The molecular weight excluding hydrogens is 306 g/mol. The van der Waals surface area contributed by atoms with E-state index in [2.05, 4.69) is 6.92 Å². The van der Waals surface area contributed by atoms with Crippen LogP contribution in [-0.4, -0.2) is 35.0 Å². The van der Waals surface area contributed by atoms with Crippen molar-refractivity contribution in [3.63, 3.8) is 0 Å². The van der Waals surface area contributed by atoms with Crippen LogP contribution in [-0.2, 0) is 9.59 Å². The number of aliphatic carboxylic acids is 1. The van der Waals surface area contributed by atoms with Crippen LogP contribution in [0.4, 0.5) is 0 Å². The van der Waals surface area contributed by atoms with Crippen LogP contribution in [0, 0.1) is 0 Å². The Bertz CT molecular complexity index is 619. The maximum atomic E-state index is 12.8. The minimum absolute atomic E-state index is 0.0863. The Balaban J connectivity index is 2.11. The number of unbranched alkanes of at least 4 members (excludes halogenated alkanes) is 1. The van der Waals surface area contributed by atoms with Gasteiger partial charge in [-0.1, -0.05) is 44.1 Å². The number of hydrogen-bond donors (Lipinski definition) is 1. The van der Waals surface area contributed by atoms with Crippen LogP contribution in [0.2, 0.25) is 0 Å². The third kappa shape index (κ3) is 4.98. The Morgan fingerprint density at radius 2 is 2.00 bits per heavy atom. The number of nitrogens with zero attached hydrogens (tertiary/aromatic N) is 1. The van der Waals surface area contributed by atoms with Gasteiger partial charge < -0.3 is 14.7 Å². The first kappa shape index (κ1) is 17.8. The predicted octanol–water partition coefficient (Wildman–Crippen LogP) is 3.34. The second-order valence-corrected chi connectivity index (χ2v) is 5.71. The zero-order valence-corrected chi connectivity index (χ0v) is 13.9. The summed E-state index contributed by atoms with van der Waals surface area (Å²) in [5.74, 6) is -0.637. The summed E-state index contributed by atoms with van der Waals surface area (Å²) in [6.07, 6.45) is 10.4. The van der Waals surface area contributed by atoms with Crippen LogP contribution in [0.5, 0.6) is 5.75 Å². The van der Waals surface area contributed by atoms with Gasteiger partial charge in [0.2, 0.25) is 5.91 Å². The van der Waals surface area contributed by atoms with E-state index >= 15 is 0 Å². The first-order chi connectivity index (χ1) is 11.6. The molecule has 1 N–H and O–H groups in total. The van der Waals surface area contributed by atoms with Gasteiger partial charge in [-0.2, -0.15) is 0 Å². The molecule has 1 aromatic rings. The summed E-state index contributed by atoms with van der Waals surface area (Å²) < 4.78 is 5.14. The molecule has 1 unspecified atom stereocenters. The Morgan fingerprint density at radius 3 is 2.58 bits per heavy atom. The van der Waals surface area contributed by atoms with Crippen LogP contribution in [0.1, 0.15) is 37.7 Å². The first-order valence-electron chi connectivity index (χ1n) is 8.20. The molecule has 5 heteroatoms. The monoisotopic (exact) mass is 329 g/mol. The van der Waals surface area contributed by atoms with Gasteiger partial charge in [-0.3, -0.25) is 4.79 Å². The summed E-state index contributed by atoms with van der Waals surface area (Å²) in [6, 6.07) is 7.13.